The Labute approximate surface area is 122 Å². The quantitative estimate of drug-likeness (QED) is 0.693. The number of hydrogen-bond donors (Lipinski definition) is 1. The summed E-state index contributed by atoms with van der Waals surface area (Å²) in [4.78, 5) is 4.39. The lowest BCUT2D eigenvalue weighted by molar-refractivity contribution is 0.493. The van der Waals surface area contributed by atoms with E-state index in [2.05, 4.69) is 46.9 Å². The highest BCUT2D eigenvalue weighted by molar-refractivity contribution is 7.17. The molecule has 1 N–H and O–H groups in total. The molecule has 0 spiro atoms. The lowest BCUT2D eigenvalue weighted by atomic mass is 10.1. The van der Waals surface area contributed by atoms with Crippen LogP contribution in [0.5, 0.6) is 0 Å². The minimum absolute atomic E-state index is 0.827. The second-order valence-electron chi connectivity index (χ2n) is 4.72. The van der Waals surface area contributed by atoms with Crippen LogP contribution in [-0.2, 0) is 6.42 Å². The summed E-state index contributed by atoms with van der Waals surface area (Å²) in [6, 6.07) is 8.40. The molecule has 0 aliphatic heterocycles. The average molecular weight is 286 g/mol. The van der Waals surface area contributed by atoms with Crippen molar-refractivity contribution in [3.8, 4) is 11.3 Å². The molecule has 0 unspecified atom stereocenters. The summed E-state index contributed by atoms with van der Waals surface area (Å²) in [5.41, 5.74) is 1.15. The molecule has 3 aromatic rings. The minimum atomic E-state index is 0.827. The van der Waals surface area contributed by atoms with Gasteiger partial charge in [-0.15, -0.1) is 11.3 Å². The maximum absolute atomic E-state index is 5.88. The van der Waals surface area contributed by atoms with Crippen LogP contribution in [0.25, 0.3) is 21.4 Å². The van der Waals surface area contributed by atoms with Gasteiger partial charge in [0, 0.05) is 27.5 Å². The minimum Gasteiger partial charge on any atom is -0.441 e. The Morgan fingerprint density at radius 3 is 3.10 bits per heavy atom. The molecule has 0 aliphatic carbocycles. The predicted molar refractivity (Wildman–Crippen MR) is 84.2 cm³/mol. The van der Waals surface area contributed by atoms with Crippen LogP contribution in [0.2, 0.25) is 0 Å². The van der Waals surface area contributed by atoms with Gasteiger partial charge in [-0.2, -0.15) is 0 Å². The fourth-order valence-corrected chi connectivity index (χ4v) is 3.21. The van der Waals surface area contributed by atoms with Crippen LogP contribution >= 0.6 is 11.3 Å². The van der Waals surface area contributed by atoms with Crippen LogP contribution in [0, 0.1) is 0 Å². The monoisotopic (exact) mass is 286 g/mol. The summed E-state index contributed by atoms with van der Waals surface area (Å²) < 4.78 is 7.17. The van der Waals surface area contributed by atoms with Gasteiger partial charge in [0.2, 0.25) is 0 Å². The van der Waals surface area contributed by atoms with E-state index >= 15 is 0 Å². The van der Waals surface area contributed by atoms with Gasteiger partial charge in [0.15, 0.2) is 11.7 Å². The summed E-state index contributed by atoms with van der Waals surface area (Å²) in [6.45, 7) is 4.14. The normalized spacial score (nSPS) is 11.2. The standard InChI is InChI=1S/C16H18N2OS/c1-2-17-9-5-8-16-18-10-14(19-16)13-11-20-15-7-4-3-6-12(13)15/h3-4,6-7,10-11,17H,2,5,8-9H2,1H3. The molecule has 4 heteroatoms. The van der Waals surface area contributed by atoms with E-state index in [4.69, 9.17) is 4.42 Å². The van der Waals surface area contributed by atoms with E-state index in [1.165, 1.54) is 10.1 Å². The molecule has 0 bridgehead atoms. The number of nitrogens with zero attached hydrogens (tertiary/aromatic N) is 1. The van der Waals surface area contributed by atoms with Crippen molar-refractivity contribution < 1.29 is 4.42 Å². The predicted octanol–water partition coefficient (Wildman–Crippen LogP) is 4.10. The smallest absolute Gasteiger partial charge is 0.194 e. The van der Waals surface area contributed by atoms with Crippen LogP contribution in [0.1, 0.15) is 19.2 Å². The molecule has 1 aromatic carbocycles. The Morgan fingerprint density at radius 2 is 2.20 bits per heavy atom. The molecule has 20 heavy (non-hydrogen) atoms. The third kappa shape index (κ3) is 2.76. The van der Waals surface area contributed by atoms with Gasteiger partial charge < -0.3 is 9.73 Å². The summed E-state index contributed by atoms with van der Waals surface area (Å²) >= 11 is 1.74. The van der Waals surface area contributed by atoms with Crippen LogP contribution < -0.4 is 5.32 Å². The number of rotatable bonds is 6. The molecule has 104 valence electrons. The molecule has 0 atom stereocenters. The van der Waals surface area contributed by atoms with Gasteiger partial charge in [0.1, 0.15) is 0 Å². The number of thiophene rings is 1. The van der Waals surface area contributed by atoms with Crippen LogP contribution in [0.4, 0.5) is 0 Å². The number of fused-ring (bicyclic) bond motifs is 1. The Bertz CT molecular complexity index is 686. The van der Waals surface area contributed by atoms with Crippen molar-refractivity contribution >= 4 is 21.4 Å². The van der Waals surface area contributed by atoms with Crippen molar-refractivity contribution in [2.75, 3.05) is 13.1 Å². The van der Waals surface area contributed by atoms with Gasteiger partial charge in [0.05, 0.1) is 6.20 Å². The summed E-state index contributed by atoms with van der Waals surface area (Å²) in [6.07, 6.45) is 3.78. The summed E-state index contributed by atoms with van der Waals surface area (Å²) in [5, 5.41) is 6.70. The largest absolute Gasteiger partial charge is 0.441 e. The van der Waals surface area contributed by atoms with E-state index in [0.29, 0.717) is 0 Å². The number of aromatic nitrogens is 1. The zero-order valence-electron chi connectivity index (χ0n) is 11.6. The van der Waals surface area contributed by atoms with Gasteiger partial charge in [-0.1, -0.05) is 25.1 Å². The first-order chi connectivity index (χ1) is 9.88. The van der Waals surface area contributed by atoms with Gasteiger partial charge in [0.25, 0.3) is 0 Å². The second-order valence-corrected chi connectivity index (χ2v) is 5.63. The SMILES string of the molecule is CCNCCCc1ncc(-c2csc3ccccc23)o1. The number of aryl methyl sites for hydroxylation is 1. The van der Waals surface area contributed by atoms with Crippen molar-refractivity contribution in [3.05, 3.63) is 41.7 Å². The lowest BCUT2D eigenvalue weighted by Crippen LogP contribution is -2.14. The fraction of sp³-hybridized carbons (Fsp3) is 0.312. The van der Waals surface area contributed by atoms with E-state index in [9.17, 15) is 0 Å². The Hall–Kier alpha value is -1.65. The Morgan fingerprint density at radius 1 is 1.30 bits per heavy atom. The lowest BCUT2D eigenvalue weighted by Gasteiger charge is -1.98. The first-order valence-corrected chi connectivity index (χ1v) is 7.88. The van der Waals surface area contributed by atoms with Gasteiger partial charge in [-0.25, -0.2) is 4.98 Å². The van der Waals surface area contributed by atoms with Gasteiger partial charge >= 0.3 is 0 Å². The highest BCUT2D eigenvalue weighted by Crippen LogP contribution is 2.34. The molecule has 0 fully saturated rings. The molecular weight excluding hydrogens is 268 g/mol. The third-order valence-electron chi connectivity index (χ3n) is 3.29. The first-order valence-electron chi connectivity index (χ1n) is 7.00. The number of benzene rings is 1. The van der Waals surface area contributed by atoms with E-state index in [-0.39, 0.29) is 0 Å². The van der Waals surface area contributed by atoms with Crippen LogP contribution in [-0.4, -0.2) is 18.1 Å². The highest BCUT2D eigenvalue weighted by Gasteiger charge is 2.11. The summed E-state index contributed by atoms with van der Waals surface area (Å²) in [5.74, 6) is 1.70. The van der Waals surface area contributed by atoms with Gasteiger partial charge in [-0.05, 0) is 25.6 Å². The van der Waals surface area contributed by atoms with E-state index in [1.54, 1.807) is 11.3 Å². The molecule has 3 nitrogen and oxygen atoms in total. The Balaban J connectivity index is 1.76. The average Bonchev–Trinajstić information content (AvgIpc) is 3.10. The van der Waals surface area contributed by atoms with E-state index < -0.39 is 0 Å². The zero-order chi connectivity index (χ0) is 13.8. The van der Waals surface area contributed by atoms with Crippen molar-refractivity contribution in [2.45, 2.75) is 19.8 Å². The van der Waals surface area contributed by atoms with E-state index in [1.807, 2.05) is 6.20 Å². The zero-order valence-corrected chi connectivity index (χ0v) is 12.4. The number of nitrogens with one attached hydrogen (secondary N) is 1. The topological polar surface area (TPSA) is 38.1 Å². The third-order valence-corrected chi connectivity index (χ3v) is 4.26. The first kappa shape index (κ1) is 13.3. The molecule has 0 saturated carbocycles. The Kier molecular flexibility index (Phi) is 4.14. The maximum Gasteiger partial charge on any atom is 0.194 e. The maximum atomic E-state index is 5.88. The van der Waals surface area contributed by atoms with Crippen molar-refractivity contribution in [1.29, 1.82) is 0 Å². The highest BCUT2D eigenvalue weighted by atomic mass is 32.1. The molecule has 2 aromatic heterocycles. The fourth-order valence-electron chi connectivity index (χ4n) is 2.26. The molecule has 0 aliphatic rings. The van der Waals surface area contributed by atoms with Crippen LogP contribution in [0.3, 0.4) is 0 Å². The van der Waals surface area contributed by atoms with Crippen molar-refractivity contribution in [3.63, 3.8) is 0 Å². The molecule has 0 saturated heterocycles. The number of oxazole rings is 1. The van der Waals surface area contributed by atoms with Gasteiger partial charge in [-0.3, -0.25) is 0 Å². The second kappa shape index (κ2) is 6.20. The molecule has 3 rings (SSSR count). The van der Waals surface area contributed by atoms with Crippen molar-refractivity contribution in [2.24, 2.45) is 0 Å². The summed E-state index contributed by atoms with van der Waals surface area (Å²) in [7, 11) is 0. The number of hydrogen-bond acceptors (Lipinski definition) is 4. The molecular formula is C16H18N2OS. The van der Waals surface area contributed by atoms with Crippen molar-refractivity contribution in [1.82, 2.24) is 10.3 Å². The molecule has 0 radical (unpaired) electrons. The molecule has 0 amide bonds. The van der Waals surface area contributed by atoms with E-state index in [0.717, 1.165) is 43.1 Å². The molecule has 2 heterocycles. The van der Waals surface area contributed by atoms with Crippen LogP contribution in [0.15, 0.2) is 40.3 Å².